The standard InChI is InChI=1S/C9H7Cl2N3O2/c10-6-2-5(12)8(9(11)13-6)14-3-4(15)1-7(14)16/h2H,1,3H2,(H2,12,13). The number of hydrogen-bond donors (Lipinski definition) is 1. The van der Waals surface area contributed by atoms with Gasteiger partial charge in [0.15, 0.2) is 10.9 Å². The fourth-order valence-electron chi connectivity index (χ4n) is 1.55. The number of nitrogen functional groups attached to an aromatic ring is 1. The molecular weight excluding hydrogens is 253 g/mol. The van der Waals surface area contributed by atoms with Crippen molar-refractivity contribution in [2.24, 2.45) is 0 Å². The van der Waals surface area contributed by atoms with Crippen LogP contribution in [0.4, 0.5) is 11.4 Å². The van der Waals surface area contributed by atoms with Crippen molar-refractivity contribution in [1.82, 2.24) is 4.98 Å². The normalized spacial score (nSPS) is 16.0. The van der Waals surface area contributed by atoms with Gasteiger partial charge < -0.3 is 5.73 Å². The summed E-state index contributed by atoms with van der Waals surface area (Å²) in [6.45, 7) is -0.0218. The molecule has 1 fully saturated rings. The maximum atomic E-state index is 11.5. The lowest BCUT2D eigenvalue weighted by Crippen LogP contribution is -2.26. The van der Waals surface area contributed by atoms with Crippen molar-refractivity contribution >= 4 is 46.3 Å². The highest BCUT2D eigenvalue weighted by Gasteiger charge is 2.31. The third-order valence-electron chi connectivity index (χ3n) is 2.20. The molecule has 1 aromatic rings. The number of hydrogen-bond acceptors (Lipinski definition) is 4. The summed E-state index contributed by atoms with van der Waals surface area (Å²) >= 11 is 11.5. The minimum absolute atomic E-state index is 0.0213. The number of anilines is 2. The van der Waals surface area contributed by atoms with E-state index in [1.165, 1.54) is 11.0 Å². The number of amides is 1. The van der Waals surface area contributed by atoms with E-state index in [2.05, 4.69) is 4.98 Å². The van der Waals surface area contributed by atoms with Crippen LogP contribution in [0.25, 0.3) is 0 Å². The largest absolute Gasteiger partial charge is 0.397 e. The fourth-order valence-corrected chi connectivity index (χ4v) is 2.10. The van der Waals surface area contributed by atoms with Crippen molar-refractivity contribution in [3.63, 3.8) is 0 Å². The molecule has 1 aromatic heterocycles. The molecule has 1 saturated heterocycles. The van der Waals surface area contributed by atoms with Gasteiger partial charge in [-0.3, -0.25) is 14.5 Å². The molecule has 84 valence electrons. The average molecular weight is 260 g/mol. The molecule has 1 aliphatic rings. The number of nitrogens with zero attached hydrogens (tertiary/aromatic N) is 2. The van der Waals surface area contributed by atoms with E-state index >= 15 is 0 Å². The Morgan fingerprint density at radius 3 is 2.56 bits per heavy atom. The molecule has 2 N–H and O–H groups in total. The highest BCUT2D eigenvalue weighted by molar-refractivity contribution is 6.36. The molecule has 7 heteroatoms. The Morgan fingerprint density at radius 1 is 1.38 bits per heavy atom. The maximum absolute atomic E-state index is 11.5. The Kier molecular flexibility index (Phi) is 2.73. The highest BCUT2D eigenvalue weighted by atomic mass is 35.5. The SMILES string of the molecule is Nc1cc(Cl)nc(Cl)c1N1CC(=O)CC1=O. The second kappa shape index (κ2) is 3.92. The molecule has 0 radical (unpaired) electrons. The first-order chi connectivity index (χ1) is 7.49. The molecule has 0 aliphatic carbocycles. The summed E-state index contributed by atoms with van der Waals surface area (Å²) in [4.78, 5) is 27.6. The van der Waals surface area contributed by atoms with Gasteiger partial charge in [0.05, 0.1) is 18.7 Å². The van der Waals surface area contributed by atoms with E-state index in [0.29, 0.717) is 0 Å². The minimum Gasteiger partial charge on any atom is -0.397 e. The Bertz CT molecular complexity index is 467. The van der Waals surface area contributed by atoms with Gasteiger partial charge in [-0.25, -0.2) is 4.98 Å². The molecule has 1 aliphatic heterocycles. The number of carbonyl (C=O) groups excluding carboxylic acids is 2. The highest BCUT2D eigenvalue weighted by Crippen LogP contribution is 2.34. The van der Waals surface area contributed by atoms with Crippen molar-refractivity contribution in [2.45, 2.75) is 6.42 Å². The van der Waals surface area contributed by atoms with Crippen molar-refractivity contribution in [3.05, 3.63) is 16.4 Å². The van der Waals surface area contributed by atoms with Gasteiger partial charge >= 0.3 is 0 Å². The molecule has 1 amide bonds. The molecule has 0 saturated carbocycles. The Labute approximate surface area is 101 Å². The van der Waals surface area contributed by atoms with Gasteiger partial charge in [0.25, 0.3) is 0 Å². The minimum atomic E-state index is -0.331. The number of carbonyl (C=O) groups is 2. The molecule has 5 nitrogen and oxygen atoms in total. The predicted octanol–water partition coefficient (Wildman–Crippen LogP) is 1.28. The molecular formula is C9H7Cl2N3O2. The molecule has 0 spiro atoms. The maximum Gasteiger partial charge on any atom is 0.235 e. The molecule has 0 atom stereocenters. The van der Waals surface area contributed by atoms with E-state index in [-0.39, 0.29) is 46.3 Å². The summed E-state index contributed by atoms with van der Waals surface area (Å²) < 4.78 is 0. The third-order valence-corrected chi connectivity index (χ3v) is 2.66. The molecule has 16 heavy (non-hydrogen) atoms. The van der Waals surface area contributed by atoms with Crippen molar-refractivity contribution in [2.75, 3.05) is 17.2 Å². The van der Waals surface area contributed by atoms with Crippen LogP contribution in [0.2, 0.25) is 10.3 Å². The van der Waals surface area contributed by atoms with Crippen LogP contribution in [-0.2, 0) is 9.59 Å². The number of ketones is 1. The summed E-state index contributed by atoms with van der Waals surface area (Å²) in [5, 5.41) is 0.164. The number of rotatable bonds is 1. The van der Waals surface area contributed by atoms with E-state index in [0.717, 1.165) is 0 Å². The van der Waals surface area contributed by atoms with Crippen LogP contribution >= 0.6 is 23.2 Å². The quantitative estimate of drug-likeness (QED) is 0.609. The van der Waals surface area contributed by atoms with Gasteiger partial charge in [0, 0.05) is 6.07 Å². The van der Waals surface area contributed by atoms with Crippen LogP contribution in [0.3, 0.4) is 0 Å². The zero-order valence-electron chi connectivity index (χ0n) is 8.04. The molecule has 0 bridgehead atoms. The molecule has 0 aromatic carbocycles. The number of halogens is 2. The van der Waals surface area contributed by atoms with Crippen LogP contribution in [0.5, 0.6) is 0 Å². The van der Waals surface area contributed by atoms with Gasteiger partial charge in [-0.1, -0.05) is 23.2 Å². The Hall–Kier alpha value is -1.33. The van der Waals surface area contributed by atoms with Crippen LogP contribution in [0.1, 0.15) is 6.42 Å². The third kappa shape index (κ3) is 1.83. The second-order valence-electron chi connectivity index (χ2n) is 3.37. The number of aromatic nitrogens is 1. The van der Waals surface area contributed by atoms with E-state index in [1.54, 1.807) is 0 Å². The summed E-state index contributed by atoms with van der Waals surface area (Å²) in [5.74, 6) is -0.502. The van der Waals surface area contributed by atoms with Crippen molar-refractivity contribution in [1.29, 1.82) is 0 Å². The zero-order chi connectivity index (χ0) is 11.9. The van der Waals surface area contributed by atoms with Gasteiger partial charge in [-0.2, -0.15) is 0 Å². The monoisotopic (exact) mass is 259 g/mol. The number of nitrogens with two attached hydrogens (primary N) is 1. The van der Waals surface area contributed by atoms with Gasteiger partial charge in [0.2, 0.25) is 5.91 Å². The summed E-state index contributed by atoms with van der Waals surface area (Å²) in [7, 11) is 0. The Morgan fingerprint density at radius 2 is 2.06 bits per heavy atom. The average Bonchev–Trinajstić information content (AvgIpc) is 2.43. The van der Waals surface area contributed by atoms with Gasteiger partial charge in [0.1, 0.15) is 10.8 Å². The summed E-state index contributed by atoms with van der Waals surface area (Å²) in [6.07, 6.45) is -0.127. The lowest BCUT2D eigenvalue weighted by molar-refractivity contribution is -0.121. The number of Topliss-reactive ketones (excluding diaryl/α,β-unsaturated/α-hetero) is 1. The number of pyridine rings is 1. The van der Waals surface area contributed by atoms with E-state index < -0.39 is 0 Å². The van der Waals surface area contributed by atoms with Crippen molar-refractivity contribution < 1.29 is 9.59 Å². The zero-order valence-corrected chi connectivity index (χ0v) is 9.55. The topological polar surface area (TPSA) is 76.3 Å². The lowest BCUT2D eigenvalue weighted by Gasteiger charge is -2.17. The molecule has 0 unspecified atom stereocenters. The van der Waals surface area contributed by atoms with Gasteiger partial charge in [-0.15, -0.1) is 0 Å². The first kappa shape index (κ1) is 11.2. The van der Waals surface area contributed by atoms with Crippen molar-refractivity contribution in [3.8, 4) is 0 Å². The summed E-state index contributed by atoms with van der Waals surface area (Å²) in [5.41, 5.74) is 6.18. The summed E-state index contributed by atoms with van der Waals surface area (Å²) in [6, 6.07) is 1.39. The predicted molar refractivity (Wildman–Crippen MR) is 60.6 cm³/mol. The Balaban J connectivity index is 2.48. The van der Waals surface area contributed by atoms with Crippen LogP contribution in [-0.4, -0.2) is 23.2 Å². The van der Waals surface area contributed by atoms with Crippen LogP contribution in [0.15, 0.2) is 6.07 Å². The first-order valence-electron chi connectivity index (χ1n) is 4.42. The lowest BCUT2D eigenvalue weighted by atomic mass is 10.3. The van der Waals surface area contributed by atoms with E-state index in [4.69, 9.17) is 28.9 Å². The van der Waals surface area contributed by atoms with Crippen LogP contribution < -0.4 is 10.6 Å². The molecule has 2 rings (SSSR count). The van der Waals surface area contributed by atoms with Gasteiger partial charge in [-0.05, 0) is 0 Å². The molecule has 2 heterocycles. The first-order valence-corrected chi connectivity index (χ1v) is 5.18. The second-order valence-corrected chi connectivity index (χ2v) is 4.11. The van der Waals surface area contributed by atoms with Crippen LogP contribution in [0, 0.1) is 0 Å². The van der Waals surface area contributed by atoms with E-state index in [9.17, 15) is 9.59 Å². The fraction of sp³-hybridized carbons (Fsp3) is 0.222. The van der Waals surface area contributed by atoms with E-state index in [1.807, 2.05) is 0 Å². The smallest absolute Gasteiger partial charge is 0.235 e.